The number of hydrogen-bond acceptors (Lipinski definition) is 2. The third kappa shape index (κ3) is 3.05. The summed E-state index contributed by atoms with van der Waals surface area (Å²) in [5.74, 6) is -0.590. The Morgan fingerprint density at radius 2 is 1.95 bits per heavy atom. The molecule has 0 spiro atoms. The van der Waals surface area contributed by atoms with Crippen molar-refractivity contribution >= 4 is 28.4 Å². The minimum Gasteiger partial charge on any atom is -0.383 e. The minimum absolute atomic E-state index is 0.0173. The first-order valence-corrected chi connectivity index (χ1v) is 6.61. The number of aromatic nitrogens is 2. The van der Waals surface area contributed by atoms with Gasteiger partial charge < -0.3 is 5.73 Å². The van der Waals surface area contributed by atoms with E-state index in [1.165, 1.54) is 4.68 Å². The number of alkyl halides is 3. The maximum atomic E-state index is 13.3. The second kappa shape index (κ2) is 5.23. The number of nitrogen functional groups attached to an aromatic ring is 1. The molecular formula is C12H10F4IN3. The van der Waals surface area contributed by atoms with Crippen LogP contribution in [-0.2, 0) is 12.7 Å². The van der Waals surface area contributed by atoms with Crippen LogP contribution in [0, 0.1) is 16.3 Å². The number of benzene rings is 1. The largest absolute Gasteiger partial charge is 0.416 e. The van der Waals surface area contributed by atoms with Gasteiger partial charge in [-0.25, -0.2) is 9.07 Å². The van der Waals surface area contributed by atoms with E-state index in [-0.39, 0.29) is 12.1 Å². The Labute approximate surface area is 125 Å². The lowest BCUT2D eigenvalue weighted by atomic mass is 10.1. The Kier molecular flexibility index (Phi) is 3.94. The maximum Gasteiger partial charge on any atom is 0.416 e. The van der Waals surface area contributed by atoms with E-state index >= 15 is 0 Å². The van der Waals surface area contributed by atoms with Gasteiger partial charge in [0.25, 0.3) is 0 Å². The summed E-state index contributed by atoms with van der Waals surface area (Å²) in [4.78, 5) is 0. The molecule has 2 N–H and O–H groups in total. The lowest BCUT2D eigenvalue weighted by Crippen LogP contribution is -2.10. The summed E-state index contributed by atoms with van der Waals surface area (Å²) in [5, 5.41) is 4.11. The Bertz CT molecular complexity index is 649. The highest BCUT2D eigenvalue weighted by molar-refractivity contribution is 14.1. The van der Waals surface area contributed by atoms with Gasteiger partial charge in [-0.1, -0.05) is 0 Å². The highest BCUT2D eigenvalue weighted by atomic mass is 127. The van der Waals surface area contributed by atoms with Gasteiger partial charge >= 0.3 is 6.18 Å². The molecule has 0 bridgehead atoms. The molecule has 20 heavy (non-hydrogen) atoms. The Morgan fingerprint density at radius 3 is 2.45 bits per heavy atom. The highest BCUT2D eigenvalue weighted by Gasteiger charge is 2.31. The molecule has 1 aromatic heterocycles. The zero-order valence-electron chi connectivity index (χ0n) is 10.3. The molecule has 0 radical (unpaired) electrons. The number of hydrogen-bond donors (Lipinski definition) is 1. The van der Waals surface area contributed by atoms with Crippen molar-refractivity contribution in [3.8, 4) is 0 Å². The summed E-state index contributed by atoms with van der Waals surface area (Å²) >= 11 is 2.00. The van der Waals surface area contributed by atoms with Crippen LogP contribution in [0.15, 0.2) is 18.2 Å². The van der Waals surface area contributed by atoms with E-state index in [9.17, 15) is 17.6 Å². The molecule has 0 unspecified atom stereocenters. The van der Waals surface area contributed by atoms with Crippen molar-refractivity contribution < 1.29 is 17.6 Å². The van der Waals surface area contributed by atoms with Gasteiger partial charge in [0.1, 0.15) is 11.6 Å². The standard InChI is InChI=1S/C12H10F4IN3/c1-6-10(17)11(18)20(19-6)5-7-2-8(12(14,15)16)4-9(13)3-7/h2-4H,5,18H2,1H3. The number of nitrogens with two attached hydrogens (primary N) is 1. The van der Waals surface area contributed by atoms with Crippen LogP contribution in [-0.4, -0.2) is 9.78 Å². The lowest BCUT2D eigenvalue weighted by molar-refractivity contribution is -0.137. The van der Waals surface area contributed by atoms with Crippen LogP contribution < -0.4 is 5.73 Å². The summed E-state index contributed by atoms with van der Waals surface area (Å²) in [6.45, 7) is 1.72. The third-order valence-electron chi connectivity index (χ3n) is 2.71. The lowest BCUT2D eigenvalue weighted by Gasteiger charge is -2.10. The summed E-state index contributed by atoms with van der Waals surface area (Å²) < 4.78 is 53.2. The number of nitrogens with zero attached hydrogens (tertiary/aromatic N) is 2. The molecule has 0 saturated carbocycles. The molecule has 0 atom stereocenters. The van der Waals surface area contributed by atoms with E-state index in [4.69, 9.17) is 5.73 Å². The van der Waals surface area contributed by atoms with Crippen LogP contribution in [0.3, 0.4) is 0 Å². The second-order valence-electron chi connectivity index (χ2n) is 4.29. The number of aryl methyl sites for hydroxylation is 1. The van der Waals surface area contributed by atoms with Gasteiger partial charge in [-0.2, -0.15) is 18.3 Å². The first-order chi connectivity index (χ1) is 9.18. The third-order valence-corrected chi connectivity index (χ3v) is 4.04. The number of anilines is 1. The van der Waals surface area contributed by atoms with Crippen LogP contribution in [0.2, 0.25) is 0 Å². The Hall–Kier alpha value is -1.32. The number of halogens is 5. The zero-order chi connectivity index (χ0) is 15.1. The van der Waals surface area contributed by atoms with Gasteiger partial charge in [0.2, 0.25) is 0 Å². The van der Waals surface area contributed by atoms with E-state index in [0.717, 1.165) is 15.7 Å². The van der Waals surface area contributed by atoms with Gasteiger partial charge in [-0.05, 0) is 53.3 Å². The fourth-order valence-corrected chi connectivity index (χ4v) is 2.16. The molecule has 3 nitrogen and oxygen atoms in total. The minimum atomic E-state index is -4.59. The Balaban J connectivity index is 2.39. The van der Waals surface area contributed by atoms with Gasteiger partial charge in [0.15, 0.2) is 0 Å². The van der Waals surface area contributed by atoms with Gasteiger partial charge in [-0.15, -0.1) is 0 Å². The monoisotopic (exact) mass is 399 g/mol. The van der Waals surface area contributed by atoms with E-state index in [1.54, 1.807) is 6.92 Å². The van der Waals surface area contributed by atoms with E-state index in [2.05, 4.69) is 5.10 Å². The average Bonchev–Trinajstić information content (AvgIpc) is 2.55. The van der Waals surface area contributed by atoms with Crippen molar-refractivity contribution in [2.45, 2.75) is 19.6 Å². The molecule has 1 heterocycles. The summed E-state index contributed by atoms with van der Waals surface area (Å²) in [6.07, 6.45) is -4.59. The molecule has 0 aliphatic carbocycles. The van der Waals surface area contributed by atoms with Crippen LogP contribution in [0.1, 0.15) is 16.8 Å². The maximum absolute atomic E-state index is 13.3. The number of rotatable bonds is 2. The fourth-order valence-electron chi connectivity index (χ4n) is 1.78. The average molecular weight is 399 g/mol. The summed E-state index contributed by atoms with van der Waals surface area (Å²) in [7, 11) is 0. The zero-order valence-corrected chi connectivity index (χ0v) is 12.5. The summed E-state index contributed by atoms with van der Waals surface area (Å²) in [6, 6.07) is 2.40. The predicted molar refractivity (Wildman–Crippen MR) is 74.6 cm³/mol. The normalized spacial score (nSPS) is 11.9. The van der Waals surface area contributed by atoms with E-state index < -0.39 is 17.6 Å². The highest BCUT2D eigenvalue weighted by Crippen LogP contribution is 2.31. The van der Waals surface area contributed by atoms with Crippen molar-refractivity contribution in [1.82, 2.24) is 9.78 Å². The van der Waals surface area contributed by atoms with Crippen LogP contribution in [0.25, 0.3) is 0 Å². The van der Waals surface area contributed by atoms with E-state index in [0.29, 0.717) is 17.6 Å². The van der Waals surface area contributed by atoms with Crippen molar-refractivity contribution in [2.75, 3.05) is 5.73 Å². The molecule has 2 rings (SSSR count). The molecular weight excluding hydrogens is 389 g/mol. The second-order valence-corrected chi connectivity index (χ2v) is 5.37. The fraction of sp³-hybridized carbons (Fsp3) is 0.250. The quantitative estimate of drug-likeness (QED) is 0.620. The predicted octanol–water partition coefficient (Wildman–Crippen LogP) is 3.58. The first kappa shape index (κ1) is 15.1. The molecule has 108 valence electrons. The SMILES string of the molecule is Cc1nn(Cc2cc(F)cc(C(F)(F)F)c2)c(N)c1I. The molecule has 1 aromatic carbocycles. The van der Waals surface area contributed by atoms with E-state index in [1.807, 2.05) is 22.6 Å². The van der Waals surface area contributed by atoms with Crippen LogP contribution in [0.4, 0.5) is 23.4 Å². The molecule has 0 fully saturated rings. The van der Waals surface area contributed by atoms with Gasteiger partial charge in [-0.3, -0.25) is 0 Å². The topological polar surface area (TPSA) is 43.8 Å². The summed E-state index contributed by atoms with van der Waals surface area (Å²) in [5.41, 5.74) is 5.60. The van der Waals surface area contributed by atoms with Gasteiger partial charge in [0, 0.05) is 0 Å². The molecule has 0 saturated heterocycles. The molecule has 8 heteroatoms. The van der Waals surface area contributed by atoms with Crippen LogP contribution >= 0.6 is 22.6 Å². The van der Waals surface area contributed by atoms with Crippen molar-refractivity contribution in [3.63, 3.8) is 0 Å². The van der Waals surface area contributed by atoms with Crippen LogP contribution in [0.5, 0.6) is 0 Å². The Morgan fingerprint density at radius 1 is 1.30 bits per heavy atom. The van der Waals surface area contributed by atoms with Gasteiger partial charge in [0.05, 0.1) is 21.4 Å². The van der Waals surface area contributed by atoms with Crippen molar-refractivity contribution in [3.05, 3.63) is 44.4 Å². The first-order valence-electron chi connectivity index (χ1n) is 5.53. The smallest absolute Gasteiger partial charge is 0.383 e. The van der Waals surface area contributed by atoms with Crippen molar-refractivity contribution in [2.24, 2.45) is 0 Å². The molecule has 0 aliphatic rings. The molecule has 0 amide bonds. The molecule has 0 aliphatic heterocycles. The molecule has 2 aromatic rings. The van der Waals surface area contributed by atoms with Crippen molar-refractivity contribution in [1.29, 1.82) is 0 Å².